The molecule has 2 nitrogen and oxygen atoms in total. The van der Waals surface area contributed by atoms with Gasteiger partial charge in [0.1, 0.15) is 6.61 Å². The van der Waals surface area contributed by atoms with Crippen LogP contribution in [0.5, 0.6) is 0 Å². The van der Waals surface area contributed by atoms with Gasteiger partial charge in [-0.1, -0.05) is 20.8 Å². The van der Waals surface area contributed by atoms with Gasteiger partial charge < -0.3 is 4.74 Å². The van der Waals surface area contributed by atoms with E-state index in [1.54, 1.807) is 0 Å². The first-order valence-electron chi connectivity index (χ1n) is 3.63. The first-order valence-corrected chi connectivity index (χ1v) is 3.63. The van der Waals surface area contributed by atoms with Crippen LogP contribution in [0.1, 0.15) is 27.2 Å². The summed E-state index contributed by atoms with van der Waals surface area (Å²) in [5, 5.41) is 0. The molecule has 0 aromatic heterocycles. The van der Waals surface area contributed by atoms with E-state index in [2.05, 4.69) is 20.8 Å². The lowest BCUT2D eigenvalue weighted by Gasteiger charge is -2.24. The Hall–Kier alpha value is -0.370. The highest BCUT2D eigenvalue weighted by Gasteiger charge is 2.32. The van der Waals surface area contributed by atoms with Crippen molar-refractivity contribution in [3.05, 3.63) is 0 Å². The van der Waals surface area contributed by atoms with Crippen LogP contribution in [-0.2, 0) is 9.53 Å². The molecule has 0 aromatic rings. The van der Waals surface area contributed by atoms with Gasteiger partial charge in [0.05, 0.1) is 6.10 Å². The third kappa shape index (κ3) is 1.57. The molecular formula is C8H14O2. The fourth-order valence-electron chi connectivity index (χ4n) is 1.07. The molecule has 1 rings (SSSR count). The summed E-state index contributed by atoms with van der Waals surface area (Å²) in [6.07, 6.45) is 0.740. The van der Waals surface area contributed by atoms with Crippen molar-refractivity contribution in [2.75, 3.05) is 6.61 Å². The summed E-state index contributed by atoms with van der Waals surface area (Å²) in [7, 11) is 0. The van der Waals surface area contributed by atoms with Crippen molar-refractivity contribution in [3.63, 3.8) is 0 Å². The van der Waals surface area contributed by atoms with Gasteiger partial charge in [-0.3, -0.25) is 4.79 Å². The summed E-state index contributed by atoms with van der Waals surface area (Å²) in [5.41, 5.74) is 0.117. The SMILES string of the molecule is CC(C)(C)C1CC(=O)CO1. The Morgan fingerprint density at radius 1 is 1.50 bits per heavy atom. The Bertz CT molecular complexity index is 144. The summed E-state index contributed by atoms with van der Waals surface area (Å²) in [6, 6.07) is 0. The lowest BCUT2D eigenvalue weighted by Crippen LogP contribution is -2.25. The topological polar surface area (TPSA) is 26.3 Å². The van der Waals surface area contributed by atoms with Gasteiger partial charge in [-0.25, -0.2) is 0 Å². The Balaban J connectivity index is 2.53. The molecule has 0 aromatic carbocycles. The molecular weight excluding hydrogens is 128 g/mol. The average Bonchev–Trinajstić information content (AvgIpc) is 2.11. The summed E-state index contributed by atoms with van der Waals surface area (Å²) in [6.45, 7) is 6.60. The van der Waals surface area contributed by atoms with Crippen molar-refractivity contribution in [3.8, 4) is 0 Å². The van der Waals surface area contributed by atoms with Gasteiger partial charge in [-0.15, -0.1) is 0 Å². The molecule has 1 saturated heterocycles. The van der Waals surface area contributed by atoms with Gasteiger partial charge in [0, 0.05) is 6.42 Å². The van der Waals surface area contributed by atoms with Crippen LogP contribution >= 0.6 is 0 Å². The zero-order chi connectivity index (χ0) is 7.78. The largest absolute Gasteiger partial charge is 0.369 e. The molecule has 1 unspecified atom stereocenters. The summed E-state index contributed by atoms with van der Waals surface area (Å²) >= 11 is 0. The van der Waals surface area contributed by atoms with E-state index in [9.17, 15) is 4.79 Å². The van der Waals surface area contributed by atoms with Gasteiger partial charge >= 0.3 is 0 Å². The van der Waals surface area contributed by atoms with Crippen LogP contribution in [0, 0.1) is 5.41 Å². The number of carbonyl (C=O) groups is 1. The number of rotatable bonds is 0. The van der Waals surface area contributed by atoms with E-state index in [-0.39, 0.29) is 17.3 Å². The maximum Gasteiger partial charge on any atom is 0.161 e. The Labute approximate surface area is 61.6 Å². The predicted octanol–water partition coefficient (Wildman–Crippen LogP) is 1.39. The van der Waals surface area contributed by atoms with Crippen molar-refractivity contribution in [2.24, 2.45) is 5.41 Å². The van der Waals surface area contributed by atoms with Crippen LogP contribution in [0.25, 0.3) is 0 Å². The minimum atomic E-state index is 0.117. The van der Waals surface area contributed by atoms with Crippen LogP contribution in [0.4, 0.5) is 0 Å². The molecule has 0 aliphatic carbocycles. The Kier molecular flexibility index (Phi) is 1.82. The van der Waals surface area contributed by atoms with E-state index < -0.39 is 0 Å². The van der Waals surface area contributed by atoms with Gasteiger partial charge in [0.15, 0.2) is 5.78 Å². The zero-order valence-corrected chi connectivity index (χ0v) is 6.81. The maximum absolute atomic E-state index is 10.8. The van der Waals surface area contributed by atoms with E-state index in [1.165, 1.54) is 0 Å². The van der Waals surface area contributed by atoms with E-state index in [4.69, 9.17) is 4.74 Å². The summed E-state index contributed by atoms with van der Waals surface area (Å²) < 4.78 is 5.28. The molecule has 0 bridgehead atoms. The minimum Gasteiger partial charge on any atom is -0.369 e. The smallest absolute Gasteiger partial charge is 0.161 e. The van der Waals surface area contributed by atoms with E-state index >= 15 is 0 Å². The van der Waals surface area contributed by atoms with Crippen molar-refractivity contribution in [1.82, 2.24) is 0 Å². The lowest BCUT2D eigenvalue weighted by atomic mass is 9.87. The fraction of sp³-hybridized carbons (Fsp3) is 0.875. The molecule has 10 heavy (non-hydrogen) atoms. The van der Waals surface area contributed by atoms with E-state index in [0.717, 1.165) is 0 Å². The number of ketones is 1. The highest BCUT2D eigenvalue weighted by atomic mass is 16.5. The van der Waals surface area contributed by atoms with Gasteiger partial charge in [-0.05, 0) is 5.41 Å². The number of carbonyl (C=O) groups excluding carboxylic acids is 1. The standard InChI is InChI=1S/C8H14O2/c1-8(2,3)7-4-6(9)5-10-7/h7H,4-5H2,1-3H3. The third-order valence-electron chi connectivity index (χ3n) is 1.82. The van der Waals surface area contributed by atoms with Gasteiger partial charge in [0.2, 0.25) is 0 Å². The molecule has 1 heterocycles. The van der Waals surface area contributed by atoms with Crippen molar-refractivity contribution >= 4 is 5.78 Å². The number of hydrogen-bond donors (Lipinski definition) is 0. The number of Topliss-reactive ketones (excluding diaryl/α,β-unsaturated/α-hetero) is 1. The molecule has 0 amide bonds. The Morgan fingerprint density at radius 2 is 2.10 bits per heavy atom. The van der Waals surface area contributed by atoms with Crippen LogP contribution in [0.15, 0.2) is 0 Å². The molecule has 1 aliphatic rings. The van der Waals surface area contributed by atoms with Crippen molar-refractivity contribution < 1.29 is 9.53 Å². The Morgan fingerprint density at radius 3 is 2.30 bits per heavy atom. The molecule has 1 fully saturated rings. The highest BCUT2D eigenvalue weighted by Crippen LogP contribution is 2.28. The monoisotopic (exact) mass is 142 g/mol. The molecule has 1 atom stereocenters. The van der Waals surface area contributed by atoms with E-state index in [0.29, 0.717) is 13.0 Å². The minimum absolute atomic E-state index is 0.117. The molecule has 1 aliphatic heterocycles. The van der Waals surface area contributed by atoms with Crippen LogP contribution in [-0.4, -0.2) is 18.5 Å². The van der Waals surface area contributed by atoms with Gasteiger partial charge in [-0.2, -0.15) is 0 Å². The summed E-state index contributed by atoms with van der Waals surface area (Å²) in [5.74, 6) is 0.236. The molecule has 0 N–H and O–H groups in total. The molecule has 0 spiro atoms. The predicted molar refractivity (Wildman–Crippen MR) is 38.8 cm³/mol. The second-order valence-electron chi connectivity index (χ2n) is 3.91. The summed E-state index contributed by atoms with van der Waals surface area (Å²) in [4.78, 5) is 10.8. The van der Waals surface area contributed by atoms with E-state index in [1.807, 2.05) is 0 Å². The normalized spacial score (nSPS) is 27.5. The van der Waals surface area contributed by atoms with Gasteiger partial charge in [0.25, 0.3) is 0 Å². The molecule has 2 heteroatoms. The molecule has 0 radical (unpaired) electrons. The number of ether oxygens (including phenoxy) is 1. The first-order chi connectivity index (χ1) is 4.50. The van der Waals surface area contributed by atoms with Crippen molar-refractivity contribution in [1.29, 1.82) is 0 Å². The van der Waals surface area contributed by atoms with Crippen LogP contribution < -0.4 is 0 Å². The van der Waals surface area contributed by atoms with Crippen molar-refractivity contribution in [2.45, 2.75) is 33.3 Å². The average molecular weight is 142 g/mol. The van der Waals surface area contributed by atoms with Crippen LogP contribution in [0.3, 0.4) is 0 Å². The second kappa shape index (κ2) is 2.35. The molecule has 0 saturated carbocycles. The highest BCUT2D eigenvalue weighted by molar-refractivity contribution is 5.81. The maximum atomic E-state index is 10.8. The quantitative estimate of drug-likeness (QED) is 0.511. The first kappa shape index (κ1) is 7.73. The molecule has 58 valence electrons. The number of hydrogen-bond acceptors (Lipinski definition) is 2. The zero-order valence-electron chi connectivity index (χ0n) is 6.81. The fourth-order valence-corrected chi connectivity index (χ4v) is 1.07. The third-order valence-corrected chi connectivity index (χ3v) is 1.82. The lowest BCUT2D eigenvalue weighted by molar-refractivity contribution is -0.117. The second-order valence-corrected chi connectivity index (χ2v) is 3.91. The van der Waals surface area contributed by atoms with Crippen LogP contribution in [0.2, 0.25) is 0 Å².